The molecule has 1 atom stereocenters. The molecule has 0 aromatic heterocycles. The molecule has 154 valence electrons. The van der Waals surface area contributed by atoms with Gasteiger partial charge in [-0.25, -0.2) is 0 Å². The van der Waals surface area contributed by atoms with Crippen molar-refractivity contribution >= 4 is 17.5 Å². The van der Waals surface area contributed by atoms with Crippen molar-refractivity contribution in [2.24, 2.45) is 5.92 Å². The summed E-state index contributed by atoms with van der Waals surface area (Å²) in [6.45, 7) is 5.44. The number of carbonyl (C=O) groups excluding carboxylic acids is 2. The highest BCUT2D eigenvalue weighted by Gasteiger charge is 2.37. The molecule has 6 heteroatoms. The Balaban J connectivity index is 1.60. The molecule has 29 heavy (non-hydrogen) atoms. The third-order valence-corrected chi connectivity index (χ3v) is 5.17. The van der Waals surface area contributed by atoms with Gasteiger partial charge < -0.3 is 19.7 Å². The largest absolute Gasteiger partial charge is 0.493 e. The van der Waals surface area contributed by atoms with Crippen molar-refractivity contribution in [3.63, 3.8) is 0 Å². The first-order valence-corrected chi connectivity index (χ1v) is 10.0. The van der Waals surface area contributed by atoms with Gasteiger partial charge in [0.1, 0.15) is 5.92 Å². The van der Waals surface area contributed by atoms with E-state index >= 15 is 0 Å². The molecule has 2 aromatic carbocycles. The normalized spacial score (nSPS) is 16.0. The Morgan fingerprint density at radius 3 is 2.48 bits per heavy atom. The average molecular weight is 396 g/mol. The Hall–Kier alpha value is -3.02. The maximum absolute atomic E-state index is 12.8. The van der Waals surface area contributed by atoms with Gasteiger partial charge in [-0.3, -0.25) is 9.59 Å². The highest BCUT2D eigenvalue weighted by Crippen LogP contribution is 2.29. The lowest BCUT2D eigenvalue weighted by molar-refractivity contribution is -0.132. The topological polar surface area (TPSA) is 67.9 Å². The Kier molecular flexibility index (Phi) is 6.75. The highest BCUT2D eigenvalue weighted by molar-refractivity contribution is 6.09. The molecule has 0 unspecified atom stereocenters. The van der Waals surface area contributed by atoms with E-state index in [0.29, 0.717) is 37.6 Å². The van der Waals surface area contributed by atoms with Gasteiger partial charge in [0.15, 0.2) is 11.5 Å². The van der Waals surface area contributed by atoms with Crippen molar-refractivity contribution in [1.29, 1.82) is 0 Å². The number of ether oxygens (including phenoxy) is 2. The number of anilines is 1. The number of carbonyl (C=O) groups is 2. The Labute approximate surface area is 171 Å². The third-order valence-electron chi connectivity index (χ3n) is 5.17. The van der Waals surface area contributed by atoms with Gasteiger partial charge in [0.25, 0.3) is 0 Å². The van der Waals surface area contributed by atoms with Crippen molar-refractivity contribution in [3.8, 4) is 11.5 Å². The quantitative estimate of drug-likeness (QED) is 0.695. The van der Waals surface area contributed by atoms with Crippen molar-refractivity contribution in [3.05, 3.63) is 53.6 Å². The second-order valence-electron chi connectivity index (χ2n) is 6.99. The molecule has 2 amide bonds. The van der Waals surface area contributed by atoms with Gasteiger partial charge in [-0.15, -0.1) is 0 Å². The van der Waals surface area contributed by atoms with E-state index in [-0.39, 0.29) is 11.8 Å². The Morgan fingerprint density at radius 2 is 1.83 bits per heavy atom. The summed E-state index contributed by atoms with van der Waals surface area (Å²) in [7, 11) is 1.58. The third kappa shape index (κ3) is 4.70. The lowest BCUT2D eigenvalue weighted by Gasteiger charge is -2.17. The molecule has 0 radical (unpaired) electrons. The van der Waals surface area contributed by atoms with Crippen molar-refractivity contribution in [2.45, 2.75) is 33.2 Å². The predicted octanol–water partition coefficient (Wildman–Crippen LogP) is 3.33. The van der Waals surface area contributed by atoms with E-state index in [1.165, 1.54) is 5.56 Å². The first-order valence-electron chi connectivity index (χ1n) is 10.0. The highest BCUT2D eigenvalue weighted by atomic mass is 16.5. The van der Waals surface area contributed by atoms with Crippen LogP contribution in [0.25, 0.3) is 0 Å². The van der Waals surface area contributed by atoms with Gasteiger partial charge in [-0.2, -0.15) is 0 Å². The molecule has 0 saturated carbocycles. The predicted molar refractivity (Wildman–Crippen MR) is 112 cm³/mol. The maximum atomic E-state index is 12.8. The SMILES string of the molecule is CCOc1ccc(CNC(=O)[C@@H]2CCN(c3ccc(CC)cc3)C2=O)cc1OC. The van der Waals surface area contributed by atoms with E-state index < -0.39 is 5.92 Å². The van der Waals surface area contributed by atoms with Crippen LogP contribution in [0.2, 0.25) is 0 Å². The average Bonchev–Trinajstić information content (AvgIpc) is 3.14. The van der Waals surface area contributed by atoms with E-state index in [9.17, 15) is 9.59 Å². The minimum atomic E-state index is -0.648. The zero-order valence-electron chi connectivity index (χ0n) is 17.2. The molecule has 1 fully saturated rings. The molecule has 2 aromatic rings. The fourth-order valence-electron chi connectivity index (χ4n) is 3.50. The summed E-state index contributed by atoms with van der Waals surface area (Å²) in [6, 6.07) is 13.5. The standard InChI is InChI=1S/C23H28N2O4/c1-4-16-6-9-18(10-7-16)25-13-12-19(23(25)27)22(26)24-15-17-8-11-20(29-5-2)21(14-17)28-3/h6-11,14,19H,4-5,12-13,15H2,1-3H3,(H,24,26)/t19-/m0/s1. The summed E-state index contributed by atoms with van der Waals surface area (Å²) in [5.74, 6) is 0.259. The fourth-order valence-corrected chi connectivity index (χ4v) is 3.50. The van der Waals surface area contributed by atoms with Crippen LogP contribution >= 0.6 is 0 Å². The molecule has 1 aliphatic heterocycles. The molecule has 6 nitrogen and oxygen atoms in total. The van der Waals surface area contributed by atoms with Crippen LogP contribution in [-0.2, 0) is 22.6 Å². The van der Waals surface area contributed by atoms with Crippen molar-refractivity contribution in [1.82, 2.24) is 5.32 Å². The van der Waals surface area contributed by atoms with Gasteiger partial charge in [-0.05, 0) is 55.2 Å². The van der Waals surface area contributed by atoms with Crippen molar-refractivity contribution < 1.29 is 19.1 Å². The second-order valence-corrected chi connectivity index (χ2v) is 6.99. The summed E-state index contributed by atoms with van der Waals surface area (Å²) in [5, 5.41) is 2.88. The lowest BCUT2D eigenvalue weighted by atomic mass is 10.1. The molecular formula is C23H28N2O4. The molecule has 1 aliphatic rings. The molecule has 3 rings (SSSR count). The van der Waals surface area contributed by atoms with Crippen LogP contribution in [0.3, 0.4) is 0 Å². The van der Waals surface area contributed by atoms with E-state index in [0.717, 1.165) is 17.7 Å². The van der Waals surface area contributed by atoms with Crippen LogP contribution in [0.5, 0.6) is 11.5 Å². The number of nitrogens with zero attached hydrogens (tertiary/aromatic N) is 1. The monoisotopic (exact) mass is 396 g/mol. The van der Waals surface area contributed by atoms with Gasteiger partial charge in [-0.1, -0.05) is 25.1 Å². The molecule has 0 spiro atoms. The number of hydrogen-bond donors (Lipinski definition) is 1. The number of nitrogens with one attached hydrogen (secondary N) is 1. The molecule has 1 heterocycles. The zero-order valence-corrected chi connectivity index (χ0v) is 17.2. The van der Waals surface area contributed by atoms with Crippen LogP contribution in [-0.4, -0.2) is 32.1 Å². The van der Waals surface area contributed by atoms with E-state index in [4.69, 9.17) is 9.47 Å². The molecule has 1 N–H and O–H groups in total. The van der Waals surface area contributed by atoms with E-state index in [1.54, 1.807) is 12.0 Å². The molecule has 1 saturated heterocycles. The van der Waals surface area contributed by atoms with E-state index in [1.807, 2.05) is 49.4 Å². The number of aryl methyl sites for hydroxylation is 1. The number of hydrogen-bond acceptors (Lipinski definition) is 4. The van der Waals surface area contributed by atoms with Crippen LogP contribution in [0.15, 0.2) is 42.5 Å². The minimum absolute atomic E-state index is 0.143. The lowest BCUT2D eigenvalue weighted by Crippen LogP contribution is -2.36. The van der Waals surface area contributed by atoms with Crippen LogP contribution in [0.1, 0.15) is 31.4 Å². The number of amides is 2. The zero-order chi connectivity index (χ0) is 20.8. The first-order chi connectivity index (χ1) is 14.1. The smallest absolute Gasteiger partial charge is 0.239 e. The summed E-state index contributed by atoms with van der Waals surface area (Å²) >= 11 is 0. The van der Waals surface area contributed by atoms with Crippen LogP contribution in [0.4, 0.5) is 5.69 Å². The summed E-state index contributed by atoms with van der Waals surface area (Å²) < 4.78 is 10.9. The summed E-state index contributed by atoms with van der Waals surface area (Å²) in [5.41, 5.74) is 2.95. The van der Waals surface area contributed by atoms with Crippen LogP contribution in [0, 0.1) is 5.92 Å². The molecule has 0 aliphatic carbocycles. The van der Waals surface area contributed by atoms with Gasteiger partial charge in [0.05, 0.1) is 13.7 Å². The summed E-state index contributed by atoms with van der Waals surface area (Å²) in [4.78, 5) is 27.1. The first kappa shape index (κ1) is 20.7. The Bertz CT molecular complexity index is 864. The number of benzene rings is 2. The fraction of sp³-hybridized carbons (Fsp3) is 0.391. The second kappa shape index (κ2) is 9.45. The summed E-state index contributed by atoms with van der Waals surface area (Å²) in [6.07, 6.45) is 1.47. The minimum Gasteiger partial charge on any atom is -0.493 e. The molecular weight excluding hydrogens is 368 g/mol. The number of rotatable bonds is 8. The van der Waals surface area contributed by atoms with Crippen molar-refractivity contribution in [2.75, 3.05) is 25.2 Å². The van der Waals surface area contributed by atoms with Crippen LogP contribution < -0.4 is 19.7 Å². The Morgan fingerprint density at radius 1 is 1.10 bits per heavy atom. The van der Waals surface area contributed by atoms with Gasteiger partial charge >= 0.3 is 0 Å². The van der Waals surface area contributed by atoms with Gasteiger partial charge in [0, 0.05) is 18.8 Å². The maximum Gasteiger partial charge on any atom is 0.239 e. The molecule has 0 bridgehead atoms. The van der Waals surface area contributed by atoms with Gasteiger partial charge in [0.2, 0.25) is 11.8 Å². The van der Waals surface area contributed by atoms with E-state index in [2.05, 4.69) is 12.2 Å². The number of methoxy groups -OCH3 is 1.